The van der Waals surface area contributed by atoms with Crippen LogP contribution < -0.4 is 36.6 Å². The maximum Gasteiger partial charge on any atom is 0.271 e. The van der Waals surface area contributed by atoms with Crippen LogP contribution in [0.3, 0.4) is 0 Å². The van der Waals surface area contributed by atoms with E-state index in [-0.39, 0.29) is 18.0 Å². The first-order valence-corrected chi connectivity index (χ1v) is 14.6. The molecule has 0 amide bonds. The molecule has 0 saturated heterocycles. The minimum absolute atomic E-state index is 0. The van der Waals surface area contributed by atoms with Crippen LogP contribution in [0, 0.1) is 0 Å². The Balaban J connectivity index is 0.00000304. The van der Waals surface area contributed by atoms with Crippen molar-refractivity contribution in [3.63, 3.8) is 0 Å². The Labute approximate surface area is 238 Å². The SMILES string of the molecule is CCc1ccc2c(c1)S/C(=c1/s/c(=C\c3scc[n+]3Cc3c(Cl)cccc3Cl)n(CC)c1=O)N2C.[Cl-]. The lowest BCUT2D eigenvalue weighted by Crippen LogP contribution is -3.00. The van der Waals surface area contributed by atoms with Gasteiger partial charge in [0.05, 0.1) is 32.8 Å². The van der Waals surface area contributed by atoms with Gasteiger partial charge in [-0.05, 0) is 43.2 Å². The van der Waals surface area contributed by atoms with E-state index in [0.717, 1.165) is 36.9 Å². The molecule has 2 aromatic heterocycles. The highest BCUT2D eigenvalue weighted by Crippen LogP contribution is 2.45. The summed E-state index contributed by atoms with van der Waals surface area (Å²) in [5.74, 6) is 0. The smallest absolute Gasteiger partial charge is 0.271 e. The van der Waals surface area contributed by atoms with Crippen molar-refractivity contribution in [2.24, 2.45) is 0 Å². The Morgan fingerprint density at radius 3 is 2.56 bits per heavy atom. The molecule has 0 radical (unpaired) electrons. The zero-order valence-corrected chi connectivity index (χ0v) is 24.6. The third kappa shape index (κ3) is 5.02. The van der Waals surface area contributed by atoms with Gasteiger partial charge in [0.1, 0.15) is 14.2 Å². The number of hydrogen-bond acceptors (Lipinski definition) is 5. The molecule has 0 unspecified atom stereocenters. The van der Waals surface area contributed by atoms with E-state index in [2.05, 4.69) is 40.7 Å². The van der Waals surface area contributed by atoms with E-state index < -0.39 is 0 Å². The number of aryl methyl sites for hydroxylation is 1. The first-order chi connectivity index (χ1) is 16.9. The van der Waals surface area contributed by atoms with Crippen LogP contribution in [-0.4, -0.2) is 11.6 Å². The second kappa shape index (κ2) is 11.3. The van der Waals surface area contributed by atoms with Crippen LogP contribution in [0.1, 0.15) is 30.0 Å². The number of hydrogen-bond donors (Lipinski definition) is 0. The zero-order chi connectivity index (χ0) is 24.7. The number of thioether (sulfide) groups is 1. The third-order valence-electron chi connectivity index (χ3n) is 6.08. The monoisotopic (exact) mass is 595 g/mol. The summed E-state index contributed by atoms with van der Waals surface area (Å²) in [6, 6.07) is 12.1. The summed E-state index contributed by atoms with van der Waals surface area (Å²) in [6.07, 6.45) is 5.11. The van der Waals surface area contributed by atoms with E-state index in [1.807, 2.05) is 48.3 Å². The predicted octanol–water partition coefficient (Wildman–Crippen LogP) is 2.34. The topological polar surface area (TPSA) is 29.1 Å². The van der Waals surface area contributed by atoms with Gasteiger partial charge in [0.25, 0.3) is 10.6 Å². The minimum atomic E-state index is 0. The second-order valence-corrected chi connectivity index (χ2v) is 12.0. The van der Waals surface area contributed by atoms with E-state index in [0.29, 0.717) is 23.1 Å². The van der Waals surface area contributed by atoms with Gasteiger partial charge in [-0.15, -0.1) is 11.3 Å². The standard InChI is InChI=1S/C26H24Cl2N3OS3.ClH/c1-4-16-9-10-20-21(13-16)34-26(29(20)3)24-25(32)31(5-2)23(35-24)14-22-30(11-12-33-22)15-17-18(27)7-6-8-19(17)28;/h6-14H,4-5,15H2,1-3H3;1H/q+1;/p-1/b26-24+;. The summed E-state index contributed by atoms with van der Waals surface area (Å²) in [6.45, 7) is 5.35. The van der Waals surface area contributed by atoms with Gasteiger partial charge in [-0.3, -0.25) is 9.36 Å². The molecular formula is C26H24Cl3N3OS3. The van der Waals surface area contributed by atoms with Crippen molar-refractivity contribution in [2.75, 3.05) is 11.9 Å². The van der Waals surface area contributed by atoms with Crippen molar-refractivity contribution in [2.45, 2.75) is 38.3 Å². The third-order valence-corrected chi connectivity index (χ3v) is 10.1. The minimum Gasteiger partial charge on any atom is -1.00 e. The van der Waals surface area contributed by atoms with Crippen molar-refractivity contribution in [3.8, 4) is 0 Å². The molecule has 36 heavy (non-hydrogen) atoms. The lowest BCUT2D eigenvalue weighted by Gasteiger charge is -2.12. The molecule has 4 aromatic rings. The Morgan fingerprint density at radius 1 is 1.11 bits per heavy atom. The Hall–Kier alpha value is -1.74. The molecule has 0 N–H and O–H groups in total. The summed E-state index contributed by atoms with van der Waals surface area (Å²) in [5.41, 5.74) is 3.39. The number of rotatable bonds is 5. The van der Waals surface area contributed by atoms with E-state index in [9.17, 15) is 4.79 Å². The number of halogens is 3. The molecule has 3 heterocycles. The van der Waals surface area contributed by atoms with Crippen molar-refractivity contribution in [3.05, 3.63) is 93.7 Å². The van der Waals surface area contributed by atoms with Crippen molar-refractivity contribution < 1.29 is 17.0 Å². The highest BCUT2D eigenvalue weighted by Gasteiger charge is 2.25. The van der Waals surface area contributed by atoms with Crippen molar-refractivity contribution in [1.29, 1.82) is 0 Å². The lowest BCUT2D eigenvalue weighted by molar-refractivity contribution is -0.685. The van der Waals surface area contributed by atoms with Gasteiger partial charge < -0.3 is 17.3 Å². The predicted molar refractivity (Wildman–Crippen MR) is 151 cm³/mol. The average molecular weight is 597 g/mol. The largest absolute Gasteiger partial charge is 1.00 e. The van der Waals surface area contributed by atoms with Gasteiger partial charge in [0.15, 0.2) is 12.7 Å². The molecule has 1 aliphatic rings. The number of fused-ring (bicyclic) bond motifs is 1. The number of thiazole rings is 2. The van der Waals surface area contributed by atoms with E-state index in [1.165, 1.54) is 10.5 Å². The molecule has 0 saturated carbocycles. The highest BCUT2D eigenvalue weighted by molar-refractivity contribution is 8.08. The molecule has 0 aliphatic carbocycles. The van der Waals surface area contributed by atoms with Crippen molar-refractivity contribution in [1.82, 2.24) is 4.57 Å². The molecule has 0 fully saturated rings. The maximum atomic E-state index is 13.5. The first kappa shape index (κ1) is 27.3. The zero-order valence-electron chi connectivity index (χ0n) is 19.9. The first-order valence-electron chi connectivity index (χ1n) is 11.3. The highest BCUT2D eigenvalue weighted by atomic mass is 35.5. The fourth-order valence-electron chi connectivity index (χ4n) is 4.11. The van der Waals surface area contributed by atoms with Gasteiger partial charge >= 0.3 is 0 Å². The second-order valence-electron chi connectivity index (χ2n) is 8.15. The fraction of sp³-hybridized carbons (Fsp3) is 0.231. The molecule has 0 bridgehead atoms. The van der Waals surface area contributed by atoms with Gasteiger partial charge in [0.2, 0.25) is 0 Å². The molecule has 1 aliphatic heterocycles. The average Bonchev–Trinajstić information content (AvgIpc) is 3.52. The lowest BCUT2D eigenvalue weighted by atomic mass is 10.1. The Morgan fingerprint density at radius 2 is 1.86 bits per heavy atom. The van der Waals surface area contributed by atoms with Crippen LogP contribution in [0.2, 0.25) is 10.0 Å². The van der Waals surface area contributed by atoms with Crippen LogP contribution in [0.5, 0.6) is 0 Å². The maximum absolute atomic E-state index is 13.5. The van der Waals surface area contributed by atoms with Crippen LogP contribution in [0.15, 0.2) is 57.7 Å². The van der Waals surface area contributed by atoms with Gasteiger partial charge in [-0.1, -0.05) is 65.4 Å². The van der Waals surface area contributed by atoms with E-state index in [1.54, 1.807) is 34.4 Å². The molecule has 0 spiro atoms. The molecule has 0 atom stereocenters. The van der Waals surface area contributed by atoms with Crippen LogP contribution in [0.4, 0.5) is 5.69 Å². The quantitative estimate of drug-likeness (QED) is 0.332. The molecule has 188 valence electrons. The van der Waals surface area contributed by atoms with Crippen LogP contribution in [0.25, 0.3) is 11.1 Å². The summed E-state index contributed by atoms with van der Waals surface area (Å²) in [7, 11) is 2.04. The van der Waals surface area contributed by atoms with Crippen LogP contribution in [-0.2, 0) is 19.5 Å². The molecule has 4 nitrogen and oxygen atoms in total. The molecule has 10 heteroatoms. The molecular weight excluding hydrogens is 573 g/mol. The van der Waals surface area contributed by atoms with Gasteiger partial charge in [0, 0.05) is 18.5 Å². The number of anilines is 1. The number of nitrogens with zero attached hydrogens (tertiary/aromatic N) is 3. The fourth-order valence-corrected chi connectivity index (χ4v) is 8.00. The summed E-state index contributed by atoms with van der Waals surface area (Å²) < 4.78 is 5.68. The Bertz CT molecular complexity index is 1590. The van der Waals surface area contributed by atoms with Gasteiger partial charge in [-0.25, -0.2) is 0 Å². The van der Waals surface area contributed by atoms with E-state index >= 15 is 0 Å². The van der Waals surface area contributed by atoms with Crippen molar-refractivity contribution >= 4 is 74.4 Å². The molecule has 2 aromatic carbocycles. The molecule has 5 rings (SSSR count). The summed E-state index contributed by atoms with van der Waals surface area (Å²) >= 11 is 17.7. The normalized spacial score (nSPS) is 14.8. The van der Waals surface area contributed by atoms with Gasteiger partial charge in [-0.2, -0.15) is 4.57 Å². The van der Waals surface area contributed by atoms with Crippen LogP contribution >= 0.6 is 57.6 Å². The summed E-state index contributed by atoms with van der Waals surface area (Å²) in [4.78, 5) is 16.8. The summed E-state index contributed by atoms with van der Waals surface area (Å²) in [5, 5.41) is 5.36. The Kier molecular flexibility index (Phi) is 8.60. The number of aromatic nitrogens is 2. The van der Waals surface area contributed by atoms with E-state index in [4.69, 9.17) is 23.2 Å². The number of benzene rings is 2.